The van der Waals surface area contributed by atoms with Crippen LogP contribution in [0.15, 0.2) is 40.6 Å². The standard InChI is InChI=1S/C18H25N3O3S2/c1-13-7-8-15(10-14(13)2)26(23,24)20-12-18(22)19-11-16(21(3)4)17-6-5-9-25-17/h5-10,16,20H,11-12H2,1-4H3,(H,19,22). The van der Waals surface area contributed by atoms with E-state index < -0.39 is 10.0 Å². The van der Waals surface area contributed by atoms with Gasteiger partial charge < -0.3 is 10.2 Å². The van der Waals surface area contributed by atoms with Crippen molar-refractivity contribution >= 4 is 27.3 Å². The number of nitrogens with one attached hydrogen (secondary N) is 2. The number of aryl methyl sites for hydroxylation is 2. The number of hydrogen-bond acceptors (Lipinski definition) is 5. The third kappa shape index (κ3) is 5.38. The second kappa shape index (κ2) is 8.77. The first-order chi connectivity index (χ1) is 12.2. The number of amides is 1. The Balaban J connectivity index is 1.92. The molecular weight excluding hydrogens is 370 g/mol. The summed E-state index contributed by atoms with van der Waals surface area (Å²) in [4.78, 5) is 15.4. The molecule has 0 aliphatic heterocycles. The zero-order valence-corrected chi connectivity index (χ0v) is 17.1. The van der Waals surface area contributed by atoms with E-state index in [-0.39, 0.29) is 23.4 Å². The fourth-order valence-electron chi connectivity index (χ4n) is 2.42. The molecule has 8 heteroatoms. The molecule has 0 aliphatic rings. The molecule has 0 spiro atoms. The van der Waals surface area contributed by atoms with Crippen LogP contribution in [0.1, 0.15) is 22.0 Å². The van der Waals surface area contributed by atoms with E-state index in [2.05, 4.69) is 10.0 Å². The predicted octanol–water partition coefficient (Wildman–Crippen LogP) is 2.06. The van der Waals surface area contributed by atoms with Gasteiger partial charge >= 0.3 is 0 Å². The highest BCUT2D eigenvalue weighted by molar-refractivity contribution is 7.89. The summed E-state index contributed by atoms with van der Waals surface area (Å²) in [5.41, 5.74) is 1.91. The van der Waals surface area contributed by atoms with E-state index in [1.165, 1.54) is 0 Å². The van der Waals surface area contributed by atoms with Gasteiger partial charge in [-0.3, -0.25) is 4.79 Å². The zero-order valence-electron chi connectivity index (χ0n) is 15.4. The molecule has 1 aromatic carbocycles. The zero-order chi connectivity index (χ0) is 19.3. The first-order valence-corrected chi connectivity index (χ1v) is 10.6. The summed E-state index contributed by atoms with van der Waals surface area (Å²) in [6, 6.07) is 8.94. The number of sulfonamides is 1. The SMILES string of the molecule is Cc1ccc(S(=O)(=O)NCC(=O)NCC(c2cccs2)N(C)C)cc1C. The summed E-state index contributed by atoms with van der Waals surface area (Å²) < 4.78 is 27.0. The molecule has 1 atom stereocenters. The molecule has 0 saturated heterocycles. The predicted molar refractivity (Wildman–Crippen MR) is 105 cm³/mol. The summed E-state index contributed by atoms with van der Waals surface area (Å²) in [5, 5.41) is 4.79. The van der Waals surface area contributed by atoms with Gasteiger partial charge in [-0.2, -0.15) is 0 Å². The van der Waals surface area contributed by atoms with E-state index >= 15 is 0 Å². The lowest BCUT2D eigenvalue weighted by Crippen LogP contribution is -2.40. The van der Waals surface area contributed by atoms with E-state index in [1.807, 2.05) is 50.4 Å². The third-order valence-corrected chi connectivity index (χ3v) is 6.57. The number of hydrogen-bond donors (Lipinski definition) is 2. The van der Waals surface area contributed by atoms with Crippen LogP contribution in [-0.2, 0) is 14.8 Å². The molecule has 1 unspecified atom stereocenters. The van der Waals surface area contributed by atoms with Gasteiger partial charge in [-0.25, -0.2) is 13.1 Å². The molecule has 0 aliphatic carbocycles. The lowest BCUT2D eigenvalue weighted by molar-refractivity contribution is -0.120. The van der Waals surface area contributed by atoms with Crippen molar-refractivity contribution in [2.45, 2.75) is 24.8 Å². The van der Waals surface area contributed by atoms with E-state index in [0.29, 0.717) is 6.54 Å². The van der Waals surface area contributed by atoms with Crippen molar-refractivity contribution in [3.8, 4) is 0 Å². The van der Waals surface area contributed by atoms with Crippen LogP contribution >= 0.6 is 11.3 Å². The normalized spacial score (nSPS) is 13.0. The summed E-state index contributed by atoms with van der Waals surface area (Å²) in [7, 11) is 0.175. The smallest absolute Gasteiger partial charge is 0.241 e. The number of carbonyl (C=O) groups is 1. The second-order valence-corrected chi connectivity index (χ2v) is 9.12. The van der Waals surface area contributed by atoms with Crippen LogP contribution in [0.4, 0.5) is 0 Å². The Kier molecular flexibility index (Phi) is 6.94. The molecule has 0 radical (unpaired) electrons. The fraction of sp³-hybridized carbons (Fsp3) is 0.389. The summed E-state index contributed by atoms with van der Waals surface area (Å²) >= 11 is 1.62. The highest BCUT2D eigenvalue weighted by Gasteiger charge is 2.18. The fourth-order valence-corrected chi connectivity index (χ4v) is 4.41. The average molecular weight is 396 g/mol. The highest BCUT2D eigenvalue weighted by atomic mass is 32.2. The van der Waals surface area contributed by atoms with Crippen molar-refractivity contribution < 1.29 is 13.2 Å². The molecule has 6 nitrogen and oxygen atoms in total. The van der Waals surface area contributed by atoms with Gasteiger partial charge in [0.1, 0.15) is 0 Å². The maximum absolute atomic E-state index is 12.3. The Morgan fingerprint density at radius 1 is 1.19 bits per heavy atom. The lowest BCUT2D eigenvalue weighted by atomic mass is 10.1. The third-order valence-electron chi connectivity index (χ3n) is 4.20. The van der Waals surface area contributed by atoms with Crippen molar-refractivity contribution in [3.63, 3.8) is 0 Å². The van der Waals surface area contributed by atoms with Gasteiger partial charge in [0.05, 0.1) is 17.5 Å². The monoisotopic (exact) mass is 395 g/mol. The van der Waals surface area contributed by atoms with Crippen molar-refractivity contribution in [1.82, 2.24) is 14.9 Å². The Labute approximate surface area is 159 Å². The Morgan fingerprint density at radius 2 is 1.92 bits per heavy atom. The quantitative estimate of drug-likeness (QED) is 0.717. The molecule has 0 bridgehead atoms. The minimum atomic E-state index is -3.71. The Morgan fingerprint density at radius 3 is 2.50 bits per heavy atom. The molecular formula is C18H25N3O3S2. The van der Waals surface area contributed by atoms with E-state index in [4.69, 9.17) is 0 Å². The largest absolute Gasteiger partial charge is 0.353 e. The number of rotatable bonds is 8. The second-order valence-electron chi connectivity index (χ2n) is 6.37. The maximum atomic E-state index is 12.3. The van der Waals surface area contributed by atoms with E-state index in [9.17, 15) is 13.2 Å². The molecule has 2 rings (SSSR count). The minimum Gasteiger partial charge on any atom is -0.353 e. The highest BCUT2D eigenvalue weighted by Crippen LogP contribution is 2.22. The van der Waals surface area contributed by atoms with Crippen LogP contribution in [0, 0.1) is 13.8 Å². The lowest BCUT2D eigenvalue weighted by Gasteiger charge is -2.23. The molecule has 2 N–H and O–H groups in total. The van der Waals surface area contributed by atoms with Crippen molar-refractivity contribution in [1.29, 1.82) is 0 Å². The van der Waals surface area contributed by atoms with Gasteiger partial charge in [0.2, 0.25) is 15.9 Å². The molecule has 142 valence electrons. The average Bonchev–Trinajstić information content (AvgIpc) is 3.09. The van der Waals surface area contributed by atoms with E-state index in [1.54, 1.807) is 29.5 Å². The summed E-state index contributed by atoms with van der Waals surface area (Å²) in [6.45, 7) is 3.89. The van der Waals surface area contributed by atoms with Gasteiger partial charge in [-0.15, -0.1) is 11.3 Å². The van der Waals surface area contributed by atoms with Crippen LogP contribution in [0.2, 0.25) is 0 Å². The number of nitrogens with zero attached hydrogens (tertiary/aromatic N) is 1. The van der Waals surface area contributed by atoms with Gasteiger partial charge in [-0.05, 0) is 62.6 Å². The van der Waals surface area contributed by atoms with Gasteiger partial charge in [0, 0.05) is 11.4 Å². The summed E-state index contributed by atoms with van der Waals surface area (Å²) in [6.07, 6.45) is 0. The van der Waals surface area contributed by atoms with Crippen LogP contribution in [-0.4, -0.2) is 46.4 Å². The summed E-state index contributed by atoms with van der Waals surface area (Å²) in [5.74, 6) is -0.360. The van der Waals surface area contributed by atoms with Crippen LogP contribution in [0.3, 0.4) is 0 Å². The Bertz CT molecular complexity index is 847. The van der Waals surface area contributed by atoms with Crippen molar-refractivity contribution in [2.24, 2.45) is 0 Å². The molecule has 1 aromatic heterocycles. The van der Waals surface area contributed by atoms with Gasteiger partial charge in [-0.1, -0.05) is 12.1 Å². The number of thiophene rings is 1. The van der Waals surface area contributed by atoms with Crippen LogP contribution in [0.25, 0.3) is 0 Å². The first kappa shape index (κ1) is 20.6. The van der Waals surface area contributed by atoms with Crippen molar-refractivity contribution in [3.05, 3.63) is 51.7 Å². The molecule has 0 saturated carbocycles. The molecule has 1 heterocycles. The first-order valence-electron chi connectivity index (χ1n) is 8.24. The van der Waals surface area contributed by atoms with Gasteiger partial charge in [0.15, 0.2) is 0 Å². The molecule has 26 heavy (non-hydrogen) atoms. The molecule has 0 fully saturated rings. The molecule has 2 aromatic rings. The maximum Gasteiger partial charge on any atom is 0.241 e. The van der Waals surface area contributed by atoms with E-state index in [0.717, 1.165) is 16.0 Å². The van der Waals surface area contributed by atoms with Crippen LogP contribution in [0.5, 0.6) is 0 Å². The van der Waals surface area contributed by atoms with Crippen LogP contribution < -0.4 is 10.0 Å². The minimum absolute atomic E-state index is 0.0512. The number of likely N-dealkylation sites (N-methyl/N-ethyl adjacent to an activating group) is 1. The topological polar surface area (TPSA) is 78.5 Å². The Hall–Kier alpha value is -1.74. The van der Waals surface area contributed by atoms with Gasteiger partial charge in [0.25, 0.3) is 0 Å². The number of benzene rings is 1. The number of carbonyl (C=O) groups excluding carboxylic acids is 1. The van der Waals surface area contributed by atoms with Crippen molar-refractivity contribution in [2.75, 3.05) is 27.2 Å². The molecule has 1 amide bonds.